The first-order valence-electron chi connectivity index (χ1n) is 33.9. The summed E-state index contributed by atoms with van der Waals surface area (Å²) in [4.78, 5) is 24.5. The van der Waals surface area contributed by atoms with Crippen molar-refractivity contribution in [1.82, 2.24) is 5.32 Å². The van der Waals surface area contributed by atoms with E-state index in [4.69, 9.17) is 4.74 Å². The van der Waals surface area contributed by atoms with Gasteiger partial charge in [-0.2, -0.15) is 0 Å². The zero-order chi connectivity index (χ0) is 55.0. The molecule has 446 valence electrons. The fraction of sp³-hybridized carbons (Fsp3) is 0.857. The monoisotopic (exact) mass is 1070 g/mol. The molecule has 0 fully saturated rings. The van der Waals surface area contributed by atoms with Crippen molar-refractivity contribution in [2.24, 2.45) is 0 Å². The molecule has 6 nitrogen and oxygen atoms in total. The number of rotatable bonds is 63. The Morgan fingerprint density at radius 3 is 1.05 bits per heavy atom. The largest absolute Gasteiger partial charge is 0.466 e. The van der Waals surface area contributed by atoms with Crippen molar-refractivity contribution in [2.45, 2.75) is 373 Å². The lowest BCUT2D eigenvalue weighted by atomic mass is 10.0. The lowest BCUT2D eigenvalue weighted by Gasteiger charge is -2.20. The molecule has 0 aliphatic carbocycles. The van der Waals surface area contributed by atoms with Crippen molar-refractivity contribution in [1.29, 1.82) is 0 Å². The standard InChI is InChI=1S/C70H131NO5/c1-3-5-7-9-11-13-15-17-38-42-46-50-54-58-62-68(73)67(66-72)71-69(74)63-59-55-51-47-43-39-36-34-32-30-28-26-24-22-20-19-21-23-25-27-29-31-33-35-37-41-45-49-53-57-61-65-76-70(75)64-60-56-52-48-44-40-18-16-14-12-10-8-6-4-2/h10,12,16,18,21,23,58,62,67-68,72-73H,3-9,11,13-15,17,19-20,22,24-57,59-61,63-66H2,1-2H3,(H,71,74)/b12-10-,18-16-,23-21-,62-58+. The highest BCUT2D eigenvalue weighted by Crippen LogP contribution is 2.18. The minimum atomic E-state index is -0.843. The highest BCUT2D eigenvalue weighted by Gasteiger charge is 2.18. The number of allylic oxidation sites excluding steroid dienone is 7. The molecule has 2 unspecified atom stereocenters. The zero-order valence-electron chi connectivity index (χ0n) is 51.0. The molecule has 76 heavy (non-hydrogen) atoms. The van der Waals surface area contributed by atoms with Crippen LogP contribution in [0.4, 0.5) is 0 Å². The fourth-order valence-electron chi connectivity index (χ4n) is 10.4. The number of hydrogen-bond acceptors (Lipinski definition) is 5. The molecule has 0 aromatic rings. The third-order valence-corrected chi connectivity index (χ3v) is 15.6. The molecule has 0 aliphatic heterocycles. The van der Waals surface area contributed by atoms with Gasteiger partial charge in [0.1, 0.15) is 0 Å². The predicted molar refractivity (Wildman–Crippen MR) is 333 cm³/mol. The summed E-state index contributed by atoms with van der Waals surface area (Å²) in [6, 6.07) is -0.626. The maximum absolute atomic E-state index is 12.5. The number of aliphatic hydroxyl groups is 2. The van der Waals surface area contributed by atoms with Gasteiger partial charge in [-0.25, -0.2) is 0 Å². The average Bonchev–Trinajstić information content (AvgIpc) is 3.42. The van der Waals surface area contributed by atoms with Crippen molar-refractivity contribution < 1.29 is 24.5 Å². The second-order valence-electron chi connectivity index (χ2n) is 23.1. The third-order valence-electron chi connectivity index (χ3n) is 15.6. The quantitative estimate of drug-likeness (QED) is 0.0320. The first kappa shape index (κ1) is 73.8. The van der Waals surface area contributed by atoms with Crippen LogP contribution in [0.3, 0.4) is 0 Å². The third kappa shape index (κ3) is 61.0. The number of amides is 1. The van der Waals surface area contributed by atoms with Crippen molar-refractivity contribution in [3.05, 3.63) is 48.6 Å². The highest BCUT2D eigenvalue weighted by molar-refractivity contribution is 5.76. The van der Waals surface area contributed by atoms with Crippen LogP contribution in [0.2, 0.25) is 0 Å². The zero-order valence-corrected chi connectivity index (χ0v) is 51.0. The van der Waals surface area contributed by atoms with E-state index in [0.717, 1.165) is 51.4 Å². The van der Waals surface area contributed by atoms with E-state index in [1.165, 1.54) is 283 Å². The number of ether oxygens (including phenoxy) is 1. The smallest absolute Gasteiger partial charge is 0.305 e. The van der Waals surface area contributed by atoms with E-state index >= 15 is 0 Å². The molecular formula is C70H131NO5. The van der Waals surface area contributed by atoms with Gasteiger partial charge in [-0.3, -0.25) is 9.59 Å². The molecule has 3 N–H and O–H groups in total. The van der Waals surface area contributed by atoms with Gasteiger partial charge in [0, 0.05) is 12.8 Å². The van der Waals surface area contributed by atoms with Crippen molar-refractivity contribution in [3.8, 4) is 0 Å². The van der Waals surface area contributed by atoms with Crippen LogP contribution in [-0.4, -0.2) is 47.4 Å². The Kier molecular flexibility index (Phi) is 63.5. The fourth-order valence-corrected chi connectivity index (χ4v) is 10.4. The Morgan fingerprint density at radius 1 is 0.368 bits per heavy atom. The molecule has 0 radical (unpaired) electrons. The summed E-state index contributed by atoms with van der Waals surface area (Å²) in [5.41, 5.74) is 0. The number of hydrogen-bond donors (Lipinski definition) is 3. The summed E-state index contributed by atoms with van der Waals surface area (Å²) >= 11 is 0. The first-order valence-corrected chi connectivity index (χ1v) is 33.9. The summed E-state index contributed by atoms with van der Waals surface area (Å²) in [5.74, 6) is -0.0623. The van der Waals surface area contributed by atoms with E-state index in [1.807, 2.05) is 6.08 Å². The number of aliphatic hydroxyl groups excluding tert-OH is 2. The van der Waals surface area contributed by atoms with Crippen LogP contribution in [0.1, 0.15) is 361 Å². The molecule has 0 aromatic heterocycles. The summed E-state index contributed by atoms with van der Waals surface area (Å²) in [7, 11) is 0. The number of carbonyl (C=O) groups excluding carboxylic acids is 2. The molecule has 0 saturated carbocycles. The predicted octanol–water partition coefficient (Wildman–Crippen LogP) is 21.7. The van der Waals surface area contributed by atoms with E-state index in [9.17, 15) is 19.8 Å². The molecule has 0 saturated heterocycles. The molecule has 6 heteroatoms. The van der Waals surface area contributed by atoms with Gasteiger partial charge in [-0.1, -0.05) is 313 Å². The molecule has 0 aliphatic rings. The minimum absolute atomic E-state index is 0.00257. The van der Waals surface area contributed by atoms with Gasteiger partial charge in [0.15, 0.2) is 0 Å². The Bertz CT molecular complexity index is 1270. The van der Waals surface area contributed by atoms with Gasteiger partial charge in [0.2, 0.25) is 5.91 Å². The average molecular weight is 1070 g/mol. The van der Waals surface area contributed by atoms with Gasteiger partial charge < -0.3 is 20.3 Å². The molecular weight excluding hydrogens is 935 g/mol. The minimum Gasteiger partial charge on any atom is -0.466 e. The number of carbonyl (C=O) groups is 2. The van der Waals surface area contributed by atoms with Crippen LogP contribution < -0.4 is 5.32 Å². The summed E-state index contributed by atoms with van der Waals surface area (Å²) in [5, 5.41) is 23.1. The van der Waals surface area contributed by atoms with Crippen molar-refractivity contribution in [2.75, 3.05) is 13.2 Å². The van der Waals surface area contributed by atoms with Crippen molar-refractivity contribution in [3.63, 3.8) is 0 Å². The lowest BCUT2D eigenvalue weighted by Crippen LogP contribution is -2.45. The Morgan fingerprint density at radius 2 is 0.671 bits per heavy atom. The molecule has 0 bridgehead atoms. The summed E-state index contributed by atoms with van der Waals surface area (Å²) in [6.45, 7) is 4.87. The van der Waals surface area contributed by atoms with Gasteiger partial charge in [-0.05, 0) is 83.5 Å². The normalized spacial score (nSPS) is 12.8. The topological polar surface area (TPSA) is 95.9 Å². The second kappa shape index (κ2) is 65.3. The second-order valence-corrected chi connectivity index (χ2v) is 23.1. The Labute approximate surface area is 474 Å². The van der Waals surface area contributed by atoms with Crippen LogP contribution in [-0.2, 0) is 14.3 Å². The van der Waals surface area contributed by atoms with E-state index in [2.05, 4.69) is 55.6 Å². The first-order chi connectivity index (χ1) is 37.5. The number of esters is 1. The molecule has 2 atom stereocenters. The van der Waals surface area contributed by atoms with E-state index in [1.54, 1.807) is 6.08 Å². The maximum atomic E-state index is 12.5. The number of unbranched alkanes of at least 4 members (excludes halogenated alkanes) is 46. The molecule has 0 spiro atoms. The summed E-state index contributed by atoms with van der Waals surface area (Å²) in [6.07, 6.45) is 84.7. The summed E-state index contributed by atoms with van der Waals surface area (Å²) < 4.78 is 5.48. The van der Waals surface area contributed by atoms with E-state index in [0.29, 0.717) is 19.4 Å². The van der Waals surface area contributed by atoms with Gasteiger partial charge >= 0.3 is 5.97 Å². The van der Waals surface area contributed by atoms with Crippen LogP contribution in [0, 0.1) is 0 Å². The molecule has 0 rings (SSSR count). The molecule has 0 aromatic carbocycles. The van der Waals surface area contributed by atoms with Crippen LogP contribution in [0.5, 0.6) is 0 Å². The molecule has 0 heterocycles. The maximum Gasteiger partial charge on any atom is 0.305 e. The van der Waals surface area contributed by atoms with E-state index in [-0.39, 0.29) is 18.5 Å². The van der Waals surface area contributed by atoms with Crippen LogP contribution >= 0.6 is 0 Å². The van der Waals surface area contributed by atoms with E-state index < -0.39 is 12.1 Å². The van der Waals surface area contributed by atoms with Crippen LogP contribution in [0.25, 0.3) is 0 Å². The van der Waals surface area contributed by atoms with Gasteiger partial charge in [0.25, 0.3) is 0 Å². The molecule has 1 amide bonds. The van der Waals surface area contributed by atoms with Gasteiger partial charge in [-0.15, -0.1) is 0 Å². The SMILES string of the molecule is CCCC/C=C\C/C=C\CCCCCCCC(=O)OCCCCCCCCCCCCCC/C=C\CCCCCCCCCCCCCCCCCC(=O)NC(CO)C(O)/C=C/CCCCCCCCCCCCCC. The number of nitrogens with one attached hydrogen (secondary N) is 1. The highest BCUT2D eigenvalue weighted by atomic mass is 16.5. The van der Waals surface area contributed by atoms with Crippen molar-refractivity contribution >= 4 is 11.9 Å². The Hall–Kier alpha value is -2.18. The Balaban J connectivity index is 3.38. The van der Waals surface area contributed by atoms with Gasteiger partial charge in [0.05, 0.1) is 25.4 Å². The van der Waals surface area contributed by atoms with Crippen LogP contribution in [0.15, 0.2) is 48.6 Å². The lowest BCUT2D eigenvalue weighted by molar-refractivity contribution is -0.143.